The zero-order chi connectivity index (χ0) is 24.3. The van der Waals surface area contributed by atoms with Crippen molar-refractivity contribution in [3.8, 4) is 0 Å². The van der Waals surface area contributed by atoms with Gasteiger partial charge in [0, 0.05) is 0 Å². The minimum absolute atomic E-state index is 0. The van der Waals surface area contributed by atoms with Gasteiger partial charge in [0.1, 0.15) is 0 Å². The third-order valence-electron chi connectivity index (χ3n) is 3.09. The topological polar surface area (TPSA) is 0 Å². The standard InChI is InChI=1S/2C6F5.2C5H5.Zr/c2*7-2-1-3(8)5(10)6(11)4(2)9;2*1-2-4-5-3-1;/h;;2*1-5H;/q4*-1;+4. The molecule has 0 radical (unpaired) electrons. The van der Waals surface area contributed by atoms with Crippen LogP contribution < -0.4 is 0 Å². The summed E-state index contributed by atoms with van der Waals surface area (Å²) in [6, 6.07) is 22.0. The molecule has 0 N–H and O–H groups in total. The van der Waals surface area contributed by atoms with Crippen molar-refractivity contribution in [2.24, 2.45) is 0 Å². The van der Waals surface area contributed by atoms with Crippen LogP contribution in [0.2, 0.25) is 0 Å². The Balaban J connectivity index is 0.000000434. The van der Waals surface area contributed by atoms with Crippen molar-refractivity contribution in [3.05, 3.63) is 131 Å². The quantitative estimate of drug-likeness (QED) is 0.0934. The van der Waals surface area contributed by atoms with Gasteiger partial charge in [0.15, 0.2) is 0 Å². The molecular formula is C22H10F10Zr. The molecule has 0 unspecified atom stereocenters. The van der Waals surface area contributed by atoms with E-state index >= 15 is 0 Å². The van der Waals surface area contributed by atoms with E-state index in [1.165, 1.54) is 0 Å². The number of rotatable bonds is 0. The van der Waals surface area contributed by atoms with Gasteiger partial charge in [0.25, 0.3) is 0 Å². The molecule has 0 amide bonds. The number of hydrogen-bond acceptors (Lipinski definition) is 0. The van der Waals surface area contributed by atoms with Crippen LogP contribution in [0.3, 0.4) is 0 Å². The molecule has 4 rings (SSSR count). The van der Waals surface area contributed by atoms with Gasteiger partial charge < -0.3 is 0 Å². The summed E-state index contributed by atoms with van der Waals surface area (Å²) in [5, 5.41) is 0. The van der Waals surface area contributed by atoms with Gasteiger partial charge in [-0.3, -0.25) is 17.6 Å². The van der Waals surface area contributed by atoms with Gasteiger partial charge >= 0.3 is 26.2 Å². The second-order valence-corrected chi connectivity index (χ2v) is 5.31. The normalized spacial score (nSPS) is 9.27. The molecule has 0 spiro atoms. The van der Waals surface area contributed by atoms with Gasteiger partial charge in [-0.1, -0.05) is 0 Å². The summed E-state index contributed by atoms with van der Waals surface area (Å²) in [6.45, 7) is 0. The summed E-state index contributed by atoms with van der Waals surface area (Å²) in [7, 11) is 0. The second kappa shape index (κ2) is 15.2. The first kappa shape index (κ1) is 30.3. The van der Waals surface area contributed by atoms with E-state index in [4.69, 9.17) is 0 Å². The maximum Gasteiger partial charge on any atom is 4.00 e. The fraction of sp³-hybridized carbons (Fsp3) is 0. The van der Waals surface area contributed by atoms with Crippen LogP contribution in [-0.4, -0.2) is 0 Å². The zero-order valence-corrected chi connectivity index (χ0v) is 18.5. The fourth-order valence-electron chi connectivity index (χ4n) is 1.63. The molecule has 0 bridgehead atoms. The van der Waals surface area contributed by atoms with E-state index in [0.717, 1.165) is 12.1 Å². The Labute approximate surface area is 201 Å². The van der Waals surface area contributed by atoms with Crippen LogP contribution in [0.15, 0.2) is 60.7 Å². The summed E-state index contributed by atoms with van der Waals surface area (Å²) in [6.07, 6.45) is 0. The van der Waals surface area contributed by atoms with Crippen molar-refractivity contribution in [1.29, 1.82) is 0 Å². The molecule has 0 saturated heterocycles. The maximum atomic E-state index is 12.0. The van der Waals surface area contributed by atoms with Gasteiger partial charge in [-0.05, 0) is 0 Å². The molecular weight excluding hydrogens is 545 g/mol. The molecule has 0 fully saturated rings. The fourth-order valence-corrected chi connectivity index (χ4v) is 1.63. The summed E-state index contributed by atoms with van der Waals surface area (Å²) < 4.78 is 120. The van der Waals surface area contributed by atoms with Crippen LogP contribution in [-0.2, 0) is 26.2 Å². The third kappa shape index (κ3) is 9.78. The summed E-state index contributed by atoms with van der Waals surface area (Å²) in [5.41, 5.74) is 0. The van der Waals surface area contributed by atoms with Crippen LogP contribution in [0.4, 0.5) is 43.9 Å². The molecule has 0 aliphatic heterocycles. The molecule has 4 aromatic rings. The van der Waals surface area contributed by atoms with Crippen LogP contribution in [0, 0.1) is 70.3 Å². The smallest absolute Gasteiger partial charge is 0.278 e. The van der Waals surface area contributed by atoms with Crippen LogP contribution in [0.1, 0.15) is 0 Å². The summed E-state index contributed by atoms with van der Waals surface area (Å²) in [4.78, 5) is 0. The number of benzene rings is 2. The van der Waals surface area contributed by atoms with E-state index in [1.807, 2.05) is 60.7 Å². The minimum atomic E-state index is -2.17. The Hall–Kier alpha value is -2.68. The van der Waals surface area contributed by atoms with Gasteiger partial charge in [-0.25, -0.2) is 50.6 Å². The first-order chi connectivity index (χ1) is 15.1. The third-order valence-corrected chi connectivity index (χ3v) is 3.09. The number of hydrogen-bond donors (Lipinski definition) is 0. The minimum Gasteiger partial charge on any atom is -0.278 e. The van der Waals surface area contributed by atoms with E-state index in [1.54, 1.807) is 0 Å². The molecule has 11 heteroatoms. The SMILES string of the molecule is Fc1[c-]c(F)c(F)c(F)c1F.Fc1[c-]c(F)c(F)c(F)c1F.[Zr+4].c1cc[cH-]c1.c1cc[cH-]c1. The Morgan fingerprint density at radius 1 is 0.394 bits per heavy atom. The molecule has 0 saturated carbocycles. The van der Waals surface area contributed by atoms with Crippen molar-refractivity contribution >= 4 is 0 Å². The van der Waals surface area contributed by atoms with Gasteiger partial charge in [0.2, 0.25) is 0 Å². The van der Waals surface area contributed by atoms with Crippen molar-refractivity contribution < 1.29 is 70.1 Å². The maximum absolute atomic E-state index is 12.0. The molecule has 0 nitrogen and oxygen atoms in total. The Kier molecular flexibility index (Phi) is 14.0. The van der Waals surface area contributed by atoms with Crippen molar-refractivity contribution in [2.75, 3.05) is 0 Å². The summed E-state index contributed by atoms with van der Waals surface area (Å²) in [5.74, 6) is -20.1. The van der Waals surface area contributed by atoms with Crippen molar-refractivity contribution in [2.45, 2.75) is 0 Å². The van der Waals surface area contributed by atoms with E-state index in [0.29, 0.717) is 0 Å². The van der Waals surface area contributed by atoms with Gasteiger partial charge in [-0.15, -0.1) is 12.1 Å². The first-order valence-corrected chi connectivity index (χ1v) is 8.22. The molecule has 172 valence electrons. The monoisotopic (exact) mass is 554 g/mol. The molecule has 0 aromatic heterocycles. The van der Waals surface area contributed by atoms with E-state index in [9.17, 15) is 43.9 Å². The van der Waals surface area contributed by atoms with Crippen LogP contribution >= 0.6 is 0 Å². The Morgan fingerprint density at radius 3 is 0.758 bits per heavy atom. The van der Waals surface area contributed by atoms with E-state index in [2.05, 4.69) is 0 Å². The largest absolute Gasteiger partial charge is 4.00 e. The first-order valence-electron chi connectivity index (χ1n) is 8.22. The number of halogens is 10. The zero-order valence-electron chi connectivity index (χ0n) is 16.1. The van der Waals surface area contributed by atoms with Crippen molar-refractivity contribution in [1.82, 2.24) is 0 Å². The molecule has 0 aliphatic carbocycles. The predicted octanol–water partition coefficient (Wildman–Crippen LogP) is 7.17. The summed E-state index contributed by atoms with van der Waals surface area (Å²) >= 11 is 0. The average Bonchev–Trinajstić information content (AvgIpc) is 3.53. The predicted molar refractivity (Wildman–Crippen MR) is 94.2 cm³/mol. The molecule has 0 atom stereocenters. The Morgan fingerprint density at radius 2 is 0.606 bits per heavy atom. The molecule has 33 heavy (non-hydrogen) atoms. The van der Waals surface area contributed by atoms with Crippen LogP contribution in [0.5, 0.6) is 0 Å². The van der Waals surface area contributed by atoms with Gasteiger partial charge in [-0.2, -0.15) is 36.4 Å². The van der Waals surface area contributed by atoms with Crippen molar-refractivity contribution in [3.63, 3.8) is 0 Å². The van der Waals surface area contributed by atoms with Crippen LogP contribution in [0.25, 0.3) is 0 Å². The van der Waals surface area contributed by atoms with E-state index in [-0.39, 0.29) is 26.2 Å². The average molecular weight is 556 g/mol. The molecule has 4 aromatic carbocycles. The Bertz CT molecular complexity index is 903. The van der Waals surface area contributed by atoms with Gasteiger partial charge in [0.05, 0.1) is 58.2 Å². The molecule has 0 aliphatic rings. The molecule has 0 heterocycles. The van der Waals surface area contributed by atoms with E-state index < -0.39 is 58.2 Å². The second-order valence-electron chi connectivity index (χ2n) is 5.31.